The molecule has 0 bridgehead atoms. The van der Waals surface area contributed by atoms with Crippen LogP contribution in [0.25, 0.3) is 0 Å². The van der Waals surface area contributed by atoms with Crippen molar-refractivity contribution in [2.45, 2.75) is 297 Å². The first-order valence-corrected chi connectivity index (χ1v) is 45.4. The molecule has 0 amide bonds. The van der Waals surface area contributed by atoms with E-state index in [1.807, 2.05) is 6.08 Å². The number of hydrogen-bond donors (Lipinski definition) is 2. The third-order valence-corrected chi connectivity index (χ3v) is 22.7. The van der Waals surface area contributed by atoms with Crippen LogP contribution in [0, 0.1) is 33.5 Å². The van der Waals surface area contributed by atoms with Crippen LogP contribution in [0.1, 0.15) is 285 Å². The van der Waals surface area contributed by atoms with Gasteiger partial charge in [0.1, 0.15) is 0 Å². The Morgan fingerprint density at radius 1 is 0.336 bits per heavy atom. The number of hydrogen-bond acceptors (Lipinski definition) is 2. The Balaban J connectivity index is 0.000000620. The molecule has 4 aliphatic rings. The lowest BCUT2D eigenvalue weighted by molar-refractivity contribution is 0.116. The smallest absolute Gasteiger partial charge is 0.0729 e. The molecule has 4 aliphatic carbocycles. The maximum atomic E-state index is 10.1. The van der Waals surface area contributed by atoms with E-state index in [1.165, 1.54) is 149 Å². The maximum absolute atomic E-state index is 10.1. The molecule has 2 N–H and O–H groups in total. The van der Waals surface area contributed by atoms with Crippen molar-refractivity contribution in [2.24, 2.45) is 33.5 Å². The van der Waals surface area contributed by atoms with Gasteiger partial charge >= 0.3 is 0 Å². The fraction of sp³-hybridized carbons (Fsp3) is 0.417. The Labute approximate surface area is 750 Å². The van der Waals surface area contributed by atoms with Gasteiger partial charge in [0.25, 0.3) is 0 Å². The highest BCUT2D eigenvalue weighted by atomic mass is 16.3. The lowest BCUT2D eigenvalue weighted by Crippen LogP contribution is -2.32. The first kappa shape index (κ1) is 109. The molecule has 0 aromatic carbocycles. The lowest BCUT2D eigenvalue weighted by atomic mass is 9.67. The molecule has 0 saturated carbocycles. The van der Waals surface area contributed by atoms with Crippen molar-refractivity contribution in [3.8, 4) is 0 Å². The van der Waals surface area contributed by atoms with Gasteiger partial charge in [0.15, 0.2) is 0 Å². The fourth-order valence-electron chi connectivity index (χ4n) is 15.4. The second-order valence-corrected chi connectivity index (χ2v) is 38.2. The van der Waals surface area contributed by atoms with Crippen LogP contribution in [-0.4, -0.2) is 22.4 Å². The van der Waals surface area contributed by atoms with Crippen molar-refractivity contribution in [3.05, 3.63) is 414 Å². The molecule has 0 saturated heterocycles. The molecule has 2 heteroatoms. The molecule has 660 valence electrons. The zero-order chi connectivity index (χ0) is 91.4. The average Bonchev–Trinajstić information content (AvgIpc) is 0.815. The predicted octanol–water partition coefficient (Wildman–Crippen LogP) is 35.8. The molecule has 0 radical (unpaired) electrons. The van der Waals surface area contributed by atoms with E-state index in [0.717, 1.165) is 44.9 Å². The molecule has 2 nitrogen and oxygen atoms in total. The van der Waals surface area contributed by atoms with Crippen molar-refractivity contribution >= 4 is 0 Å². The predicted molar refractivity (Wildman–Crippen MR) is 551 cm³/mol. The third-order valence-electron chi connectivity index (χ3n) is 22.7. The Morgan fingerprint density at radius 2 is 0.639 bits per heavy atom. The van der Waals surface area contributed by atoms with Crippen molar-refractivity contribution in [1.82, 2.24) is 0 Å². The normalized spacial score (nSPS) is 21.8. The summed E-state index contributed by atoms with van der Waals surface area (Å²) in [5.74, 6) is 0.880. The van der Waals surface area contributed by atoms with Gasteiger partial charge < -0.3 is 10.2 Å². The van der Waals surface area contributed by atoms with Crippen LogP contribution < -0.4 is 0 Å². The van der Waals surface area contributed by atoms with Crippen LogP contribution in [0.4, 0.5) is 0 Å². The summed E-state index contributed by atoms with van der Waals surface area (Å²) in [6.45, 7) is 65.9. The summed E-state index contributed by atoms with van der Waals surface area (Å²) in [6, 6.07) is 0. The van der Waals surface area contributed by atoms with E-state index in [2.05, 4.69) is 493 Å². The van der Waals surface area contributed by atoms with Crippen molar-refractivity contribution in [2.75, 3.05) is 0 Å². The SMILES string of the molecule is CC(C)=CCC/C(C)=C/C=C/C(C)=C/C=C/C(C)=C/C=C/C=C(C)/C=C/C=C(C)/C=C/C=C(\C)CCC=C(C)C.CC1=CCCC(C)(C)C1/C=C/C(C)=C/C=C/C(C)=C/C=C/C=C(C)/C=C/C=C(C)/C=C/C1=C(C)CCCC1(C)C.CC1=C[C@H](O)CC(C)(C)[C@H]1/C=C/C(C)=C/C=C/C(C)=C/C=C/C=C(C)/C=C/C=C(C)/C=C/C1=C(C)C[C@@H](O)CC1(C)C. The molecule has 0 aromatic rings. The fourth-order valence-corrected chi connectivity index (χ4v) is 15.4. The summed E-state index contributed by atoms with van der Waals surface area (Å²) in [5, 5.41) is 20.2. The van der Waals surface area contributed by atoms with Crippen LogP contribution >= 0.6 is 0 Å². The molecule has 122 heavy (non-hydrogen) atoms. The summed E-state index contributed by atoms with van der Waals surface area (Å²) in [4.78, 5) is 0. The Hall–Kier alpha value is -9.18. The van der Waals surface area contributed by atoms with Crippen molar-refractivity contribution in [3.63, 3.8) is 0 Å². The molecular formula is C120H168O2. The summed E-state index contributed by atoms with van der Waals surface area (Å²) >= 11 is 0. The molecular weight excluding hydrogens is 1470 g/mol. The Kier molecular flexibility index (Phi) is 52.5. The quantitative estimate of drug-likeness (QED) is 0.0485. The molecule has 0 fully saturated rings. The number of allylic oxidation sites excluding steroid dienone is 68. The minimum absolute atomic E-state index is 0.00528. The summed E-state index contributed by atoms with van der Waals surface area (Å²) in [7, 11) is 0. The van der Waals surface area contributed by atoms with Crippen LogP contribution in [0.3, 0.4) is 0 Å². The molecule has 1 unspecified atom stereocenters. The van der Waals surface area contributed by atoms with Gasteiger partial charge in [-0.05, 0) is 262 Å². The lowest BCUT2D eigenvalue weighted by Gasteiger charge is -2.38. The largest absolute Gasteiger partial charge is 0.393 e. The minimum atomic E-state index is -0.331. The van der Waals surface area contributed by atoms with E-state index in [4.69, 9.17) is 0 Å². The van der Waals surface area contributed by atoms with Crippen LogP contribution in [-0.2, 0) is 0 Å². The first-order valence-electron chi connectivity index (χ1n) is 45.4. The third kappa shape index (κ3) is 49.8. The monoisotopic (exact) mass is 1640 g/mol. The highest BCUT2D eigenvalue weighted by molar-refractivity contribution is 5.42. The van der Waals surface area contributed by atoms with Crippen LogP contribution in [0.2, 0.25) is 0 Å². The second kappa shape index (κ2) is 58.8. The average molecular weight is 1640 g/mol. The highest BCUT2D eigenvalue weighted by Crippen LogP contribution is 2.45. The Bertz CT molecular complexity index is 4440. The molecule has 0 heterocycles. The summed E-state index contributed by atoms with van der Waals surface area (Å²) in [6.07, 6.45) is 117. The van der Waals surface area contributed by atoms with Gasteiger partial charge in [0, 0.05) is 11.8 Å². The van der Waals surface area contributed by atoms with E-state index >= 15 is 0 Å². The number of rotatable bonds is 36. The molecule has 0 spiro atoms. The minimum Gasteiger partial charge on any atom is -0.393 e. The van der Waals surface area contributed by atoms with E-state index < -0.39 is 0 Å². The van der Waals surface area contributed by atoms with Gasteiger partial charge in [-0.3, -0.25) is 0 Å². The summed E-state index contributed by atoms with van der Waals surface area (Å²) in [5.41, 5.74) is 29.5. The van der Waals surface area contributed by atoms with E-state index in [9.17, 15) is 10.2 Å². The van der Waals surface area contributed by atoms with Gasteiger partial charge in [0.2, 0.25) is 0 Å². The van der Waals surface area contributed by atoms with E-state index in [1.54, 1.807) is 5.57 Å². The zero-order valence-electron chi connectivity index (χ0n) is 82.4. The standard InChI is InChI=1S/C40H56O2.2C40H56/c1-29(17-13-19-31(3)21-23-37-33(5)25-35(41)27-39(37,7)8)15-11-12-16-30(2)18-14-20-32(4)22-24-38-34(6)26-36(42)28-40(38,9)10;1-31(19-13-21-33(3)25-27-37-35(5)23-15-29-39(37,7)8)17-11-12-18-32(2)20-14-22-34(4)26-28-38-36(6)24-16-30-40(38,9)10;1-33(2)19-13-23-37(7)27-17-31-39(9)29-15-25-35(5)21-11-12-22-36(6)26-16-30-40(10)32-18-28-38(8)24-14-20-34(3)4/h11-25,35-37,41-42H,26-28H2,1-10H3;11-14,17-23,25-28,37H,15-16,24,29-30H2,1-10H3;11-12,15-22,25-32H,13-14,23-24H2,1-10H3/b12-11+,17-13+,18-14+,23-21+,24-22+,29-15+,30-16+,31-19+,32-20+;12-11+,19-13+,20-14+,27-25+,28-26+,31-17+,32-18+,33-21+,34-22+;12-11+,25-15+,26-16+,31-17+,32-18+,35-21+,36-22+,37-27+,38-28+,39-29+,40-30+/t35-,36+,37-;;/m0../s1. The first-order chi connectivity index (χ1) is 57.4. The number of aliphatic hydroxyl groups excluding tert-OH is 2. The van der Waals surface area contributed by atoms with Gasteiger partial charge in [-0.15, -0.1) is 0 Å². The Morgan fingerprint density at radius 3 is 0.951 bits per heavy atom. The van der Waals surface area contributed by atoms with Gasteiger partial charge in [0.05, 0.1) is 12.2 Å². The topological polar surface area (TPSA) is 40.5 Å². The summed E-state index contributed by atoms with van der Waals surface area (Å²) < 4.78 is 0. The molecule has 0 aromatic heterocycles. The molecule has 0 aliphatic heterocycles. The zero-order valence-corrected chi connectivity index (χ0v) is 82.4. The molecule has 4 rings (SSSR count). The maximum Gasteiger partial charge on any atom is 0.0729 e. The van der Waals surface area contributed by atoms with Gasteiger partial charge in [-0.1, -0.05) is 459 Å². The highest BCUT2D eigenvalue weighted by Gasteiger charge is 2.35. The van der Waals surface area contributed by atoms with Gasteiger partial charge in [-0.2, -0.15) is 0 Å². The second-order valence-electron chi connectivity index (χ2n) is 38.2. The number of aliphatic hydroxyl groups is 2. The molecule has 4 atom stereocenters. The van der Waals surface area contributed by atoms with Crippen LogP contribution in [0.5, 0.6) is 0 Å². The van der Waals surface area contributed by atoms with E-state index in [-0.39, 0.29) is 23.0 Å². The van der Waals surface area contributed by atoms with Crippen LogP contribution in [0.15, 0.2) is 414 Å². The van der Waals surface area contributed by atoms with Crippen molar-refractivity contribution < 1.29 is 10.2 Å². The van der Waals surface area contributed by atoms with E-state index in [0.29, 0.717) is 22.7 Å². The van der Waals surface area contributed by atoms with Gasteiger partial charge in [-0.25, -0.2) is 0 Å². The van der Waals surface area contributed by atoms with Crippen molar-refractivity contribution in [1.29, 1.82) is 0 Å².